The van der Waals surface area contributed by atoms with Gasteiger partial charge < -0.3 is 20.5 Å². The first-order chi connectivity index (χ1) is 27.3. The van der Waals surface area contributed by atoms with E-state index in [0.29, 0.717) is 7.14 Å². The lowest BCUT2D eigenvalue weighted by molar-refractivity contribution is -0.0511. The minimum atomic E-state index is -0.931. The van der Waals surface area contributed by atoms with Gasteiger partial charge in [-0.1, -0.05) is 14.9 Å². The predicted molar refractivity (Wildman–Crippen MR) is 241 cm³/mol. The summed E-state index contributed by atoms with van der Waals surface area (Å²) in [5, 5.41) is 14.1. The summed E-state index contributed by atoms with van der Waals surface area (Å²) in [6.07, 6.45) is 0. The zero-order valence-electron chi connectivity index (χ0n) is 32.6. The topological polar surface area (TPSA) is 218 Å². The lowest BCUT2D eigenvalue weighted by Gasteiger charge is -2.20. The number of hydrogen-bond acceptors (Lipinski definition) is 12. The van der Waals surface area contributed by atoms with Gasteiger partial charge in [0.05, 0.1) is 43.4 Å². The lowest BCUT2D eigenvalue weighted by atomic mass is 10.2. The maximum atomic E-state index is 14.4. The second-order valence-corrected chi connectivity index (χ2v) is 15.5. The zero-order valence-corrected chi connectivity index (χ0v) is 36.9. The zero-order chi connectivity index (χ0) is 43.5. The normalized spacial score (nSPS) is 10.7. The van der Waals surface area contributed by atoms with Crippen LogP contribution in [-0.4, -0.2) is 67.2 Å². The first-order valence-corrected chi connectivity index (χ1v) is 19.6. The molecular formula is C38H52F2I2N8O10. The van der Waals surface area contributed by atoms with E-state index in [1.807, 2.05) is 71.4 Å². The maximum Gasteiger partial charge on any atom is 0.332 e. The van der Waals surface area contributed by atoms with Crippen LogP contribution in [0.25, 0.3) is 0 Å². The fourth-order valence-electron chi connectivity index (χ4n) is 5.00. The first kappa shape index (κ1) is 53.5. The molecule has 0 saturated carbocycles. The second kappa shape index (κ2) is 24.1. The average molecular weight is 1070 g/mol. The third-order valence-corrected chi connectivity index (χ3v) is 9.13. The van der Waals surface area contributed by atoms with Crippen LogP contribution in [0, 0.1) is 18.8 Å². The Bertz CT molecular complexity index is 2380. The van der Waals surface area contributed by atoms with E-state index in [9.17, 15) is 37.5 Å². The molecule has 2 heterocycles. The van der Waals surface area contributed by atoms with Gasteiger partial charge in [-0.05, 0) is 116 Å². The van der Waals surface area contributed by atoms with Crippen LogP contribution < -0.4 is 44.1 Å². The van der Waals surface area contributed by atoms with E-state index in [1.54, 1.807) is 26.0 Å². The number of nitrogens with one attached hydrogen (secondary N) is 4. The molecule has 0 aliphatic rings. The molecule has 18 nitrogen and oxygen atoms in total. The molecule has 0 saturated heterocycles. The number of amides is 2. The number of nitrogens with zero attached hydrogens (tertiary/aromatic N) is 4. The first-order valence-electron chi connectivity index (χ1n) is 17.5. The van der Waals surface area contributed by atoms with Crippen LogP contribution in [-0.2, 0) is 41.6 Å². The molecule has 4 rings (SSSR count). The van der Waals surface area contributed by atoms with E-state index in [0.717, 1.165) is 13.7 Å². The van der Waals surface area contributed by atoms with Crippen molar-refractivity contribution in [3.05, 3.63) is 108 Å². The fourth-order valence-corrected chi connectivity index (χ4v) is 5.90. The standard InChI is InChI=1S/C20H26FIN4O5.C16H18FIN4O5.2CH4/c1-6-26-16(23-14-8-7-12(22)11-13(14)21)15(18(28)25(5)19(26)29)17(27)24-31-10-9-30-20(2,3)4;1-3-22-13(19-11-5-4-9(18)8-10(11)17)12(14(24)20-27-7-6-23)15(25)21(2)16(22)26;;/h7-8,11,23H,6,9-10H2,1-5H3,(H,24,27);4-5,8,19,23H,3,6-7H2,1-2H3,(H,20,24);2*1H4. The molecule has 0 aliphatic carbocycles. The third kappa shape index (κ3) is 13.8. The van der Waals surface area contributed by atoms with Crippen molar-refractivity contribution in [2.24, 2.45) is 14.1 Å². The molecule has 0 unspecified atom stereocenters. The van der Waals surface area contributed by atoms with Crippen LogP contribution in [0.5, 0.6) is 0 Å². The molecule has 2 aromatic heterocycles. The van der Waals surface area contributed by atoms with Gasteiger partial charge in [-0.2, -0.15) is 0 Å². The summed E-state index contributed by atoms with van der Waals surface area (Å²) < 4.78 is 39.4. The highest BCUT2D eigenvalue weighted by molar-refractivity contribution is 14.1. The van der Waals surface area contributed by atoms with Gasteiger partial charge in [-0.15, -0.1) is 0 Å². The summed E-state index contributed by atoms with van der Waals surface area (Å²) in [4.78, 5) is 85.3. The Morgan fingerprint density at radius 2 is 1.08 bits per heavy atom. The predicted octanol–water partition coefficient (Wildman–Crippen LogP) is 4.51. The smallest absolute Gasteiger partial charge is 0.332 e. The molecule has 4 aromatic rings. The number of hydroxylamine groups is 2. The molecule has 2 amide bonds. The molecule has 332 valence electrons. The number of rotatable bonds is 15. The summed E-state index contributed by atoms with van der Waals surface area (Å²) in [6, 6.07) is 8.73. The lowest BCUT2D eigenvalue weighted by Crippen LogP contribution is -2.44. The van der Waals surface area contributed by atoms with Crippen LogP contribution >= 0.6 is 45.2 Å². The van der Waals surface area contributed by atoms with Gasteiger partial charge in [0.25, 0.3) is 22.9 Å². The van der Waals surface area contributed by atoms with Crippen molar-refractivity contribution >= 4 is 80.0 Å². The van der Waals surface area contributed by atoms with Gasteiger partial charge in [-0.25, -0.2) is 29.3 Å². The largest absolute Gasteiger partial charge is 0.394 e. The number of aromatic nitrogens is 4. The van der Waals surface area contributed by atoms with Crippen molar-refractivity contribution < 1.29 is 37.9 Å². The molecule has 60 heavy (non-hydrogen) atoms. The van der Waals surface area contributed by atoms with Crippen molar-refractivity contribution in [2.75, 3.05) is 37.1 Å². The maximum absolute atomic E-state index is 14.4. The summed E-state index contributed by atoms with van der Waals surface area (Å²) >= 11 is 3.90. The van der Waals surface area contributed by atoms with Gasteiger partial charge in [0.2, 0.25) is 0 Å². The number of carbonyl (C=O) groups is 2. The molecule has 0 radical (unpaired) electrons. The van der Waals surface area contributed by atoms with Crippen LogP contribution in [0.1, 0.15) is 70.2 Å². The Morgan fingerprint density at radius 3 is 1.42 bits per heavy atom. The number of ether oxygens (including phenoxy) is 1. The Labute approximate surface area is 372 Å². The van der Waals surface area contributed by atoms with E-state index in [1.165, 1.54) is 42.9 Å². The molecule has 0 bridgehead atoms. The number of benzene rings is 2. The van der Waals surface area contributed by atoms with Gasteiger partial charge >= 0.3 is 11.4 Å². The summed E-state index contributed by atoms with van der Waals surface area (Å²) in [5.74, 6) is -3.28. The highest BCUT2D eigenvalue weighted by Gasteiger charge is 2.26. The van der Waals surface area contributed by atoms with Gasteiger partial charge in [0.15, 0.2) is 0 Å². The van der Waals surface area contributed by atoms with Crippen LogP contribution in [0.2, 0.25) is 0 Å². The van der Waals surface area contributed by atoms with Gasteiger partial charge in [-0.3, -0.25) is 47.1 Å². The summed E-state index contributed by atoms with van der Waals surface area (Å²) in [5.41, 5.74) is 0.0518. The van der Waals surface area contributed by atoms with E-state index >= 15 is 0 Å². The molecule has 22 heteroatoms. The summed E-state index contributed by atoms with van der Waals surface area (Å²) in [7, 11) is 2.50. The third-order valence-electron chi connectivity index (χ3n) is 7.78. The minimum absolute atomic E-state index is 0. The molecule has 2 aromatic carbocycles. The second-order valence-electron chi connectivity index (χ2n) is 13.0. The van der Waals surface area contributed by atoms with Crippen molar-refractivity contribution in [2.45, 2.75) is 68.2 Å². The number of aliphatic hydroxyl groups excluding tert-OH is 1. The quantitative estimate of drug-likeness (QED) is 0.0632. The number of hydrogen-bond donors (Lipinski definition) is 5. The van der Waals surface area contributed by atoms with Crippen molar-refractivity contribution in [3.8, 4) is 0 Å². The number of anilines is 4. The number of halogens is 4. The Balaban J connectivity index is 0.000000586. The summed E-state index contributed by atoms with van der Waals surface area (Å²) in [6.45, 7) is 8.95. The van der Waals surface area contributed by atoms with E-state index < -0.39 is 51.5 Å². The Morgan fingerprint density at radius 1 is 0.700 bits per heavy atom. The Kier molecular flexibility index (Phi) is 21.5. The van der Waals surface area contributed by atoms with Crippen molar-refractivity contribution in [1.29, 1.82) is 0 Å². The average Bonchev–Trinajstić information content (AvgIpc) is 3.15. The highest BCUT2D eigenvalue weighted by Crippen LogP contribution is 2.24. The molecule has 0 atom stereocenters. The minimum Gasteiger partial charge on any atom is -0.394 e. The highest BCUT2D eigenvalue weighted by atomic mass is 127. The van der Waals surface area contributed by atoms with Crippen molar-refractivity contribution in [1.82, 2.24) is 29.2 Å². The number of carbonyl (C=O) groups excluding carboxylic acids is 2. The molecule has 0 spiro atoms. The molecule has 0 aliphatic heterocycles. The van der Waals surface area contributed by atoms with Crippen LogP contribution in [0.3, 0.4) is 0 Å². The van der Waals surface area contributed by atoms with Crippen LogP contribution in [0.4, 0.5) is 31.8 Å². The molecule has 0 fully saturated rings. The molecular weight excluding hydrogens is 1020 g/mol. The van der Waals surface area contributed by atoms with Crippen molar-refractivity contribution in [3.63, 3.8) is 0 Å². The monoisotopic (exact) mass is 1070 g/mol. The fraction of sp³-hybridized carbons (Fsp3) is 0.421. The van der Waals surface area contributed by atoms with E-state index in [4.69, 9.17) is 19.5 Å². The van der Waals surface area contributed by atoms with Gasteiger partial charge in [0, 0.05) is 34.3 Å². The van der Waals surface area contributed by atoms with E-state index in [-0.39, 0.29) is 88.5 Å². The SMILES string of the molecule is C.C.CCn1c(Nc2ccc(I)cc2F)c(C(=O)NOCCO)c(=O)n(C)c1=O.CCn1c(Nc2ccc(I)cc2F)c(C(=O)NOCCOC(C)(C)C)c(=O)n(C)c1=O. The van der Waals surface area contributed by atoms with Gasteiger partial charge in [0.1, 0.15) is 34.4 Å². The van der Waals surface area contributed by atoms with E-state index in [2.05, 4.69) is 16.1 Å². The van der Waals surface area contributed by atoms with Crippen LogP contribution in [0.15, 0.2) is 55.6 Å². The number of aliphatic hydroxyl groups is 1. The Hall–Kier alpha value is -4.50. The molecule has 5 N–H and O–H groups in total.